The SMILES string of the molecule is C=Cc1c(C)nn(C)c1Oc1cc(OC(CC)C(=O)O)c(Cl)cc1Cl. The number of hydrogen-bond donors (Lipinski definition) is 1. The van der Waals surface area contributed by atoms with E-state index in [1.165, 1.54) is 12.1 Å². The molecule has 0 bridgehead atoms. The zero-order valence-electron chi connectivity index (χ0n) is 14.0. The first kappa shape index (κ1) is 19.1. The molecule has 0 aliphatic heterocycles. The maximum atomic E-state index is 11.2. The van der Waals surface area contributed by atoms with Crippen LogP contribution in [0.5, 0.6) is 17.4 Å². The highest BCUT2D eigenvalue weighted by molar-refractivity contribution is 6.36. The van der Waals surface area contributed by atoms with Gasteiger partial charge in [-0.25, -0.2) is 9.48 Å². The number of halogens is 2. The van der Waals surface area contributed by atoms with E-state index in [0.717, 1.165) is 11.3 Å². The molecule has 2 rings (SSSR count). The van der Waals surface area contributed by atoms with E-state index in [9.17, 15) is 4.79 Å². The highest BCUT2D eigenvalue weighted by atomic mass is 35.5. The molecule has 8 heteroatoms. The number of carboxylic acids is 1. The van der Waals surface area contributed by atoms with Crippen LogP contribution in [-0.2, 0) is 11.8 Å². The summed E-state index contributed by atoms with van der Waals surface area (Å²) >= 11 is 12.3. The smallest absolute Gasteiger partial charge is 0.344 e. The highest BCUT2D eigenvalue weighted by Crippen LogP contribution is 2.39. The molecule has 0 fully saturated rings. The van der Waals surface area contributed by atoms with Gasteiger partial charge in [0.2, 0.25) is 5.88 Å². The molecule has 1 N–H and O–H groups in total. The molecule has 1 heterocycles. The van der Waals surface area contributed by atoms with E-state index in [1.807, 2.05) is 6.92 Å². The van der Waals surface area contributed by atoms with Gasteiger partial charge in [-0.05, 0) is 19.4 Å². The highest BCUT2D eigenvalue weighted by Gasteiger charge is 2.21. The van der Waals surface area contributed by atoms with Crippen molar-refractivity contribution in [3.8, 4) is 17.4 Å². The van der Waals surface area contributed by atoms with Gasteiger partial charge in [0.25, 0.3) is 0 Å². The normalized spacial score (nSPS) is 11.9. The van der Waals surface area contributed by atoms with E-state index in [4.69, 9.17) is 37.8 Å². The lowest BCUT2D eigenvalue weighted by Crippen LogP contribution is -2.26. The Kier molecular flexibility index (Phi) is 5.98. The number of nitrogens with zero attached hydrogens (tertiary/aromatic N) is 2. The predicted octanol–water partition coefficient (Wildman–Crippen LogP) is 4.71. The fourth-order valence-electron chi connectivity index (χ4n) is 2.25. The summed E-state index contributed by atoms with van der Waals surface area (Å²) in [7, 11) is 1.73. The molecule has 0 radical (unpaired) electrons. The maximum absolute atomic E-state index is 11.2. The number of rotatable bonds is 7. The molecule has 6 nitrogen and oxygen atoms in total. The maximum Gasteiger partial charge on any atom is 0.344 e. The second kappa shape index (κ2) is 7.80. The zero-order valence-corrected chi connectivity index (χ0v) is 15.6. The number of aliphatic carboxylic acids is 1. The summed E-state index contributed by atoms with van der Waals surface area (Å²) in [5, 5.41) is 13.9. The van der Waals surface area contributed by atoms with Crippen LogP contribution in [0.25, 0.3) is 6.08 Å². The first-order valence-corrected chi connectivity index (χ1v) is 8.26. The minimum atomic E-state index is -1.08. The molecular formula is C17H18Cl2N2O4. The number of aromatic nitrogens is 2. The van der Waals surface area contributed by atoms with Crippen LogP contribution in [-0.4, -0.2) is 27.0 Å². The van der Waals surface area contributed by atoms with Crippen LogP contribution in [0.4, 0.5) is 0 Å². The van der Waals surface area contributed by atoms with Crippen molar-refractivity contribution in [2.75, 3.05) is 0 Å². The molecule has 25 heavy (non-hydrogen) atoms. The molecule has 1 aromatic heterocycles. The van der Waals surface area contributed by atoms with Crippen LogP contribution in [0.3, 0.4) is 0 Å². The van der Waals surface area contributed by atoms with E-state index >= 15 is 0 Å². The van der Waals surface area contributed by atoms with Gasteiger partial charge in [-0.15, -0.1) is 0 Å². The lowest BCUT2D eigenvalue weighted by atomic mass is 10.2. The molecule has 134 valence electrons. The van der Waals surface area contributed by atoms with E-state index in [2.05, 4.69) is 11.7 Å². The minimum Gasteiger partial charge on any atom is -0.479 e. The van der Waals surface area contributed by atoms with Gasteiger partial charge in [0.05, 0.1) is 21.3 Å². The Balaban J connectivity index is 2.41. The van der Waals surface area contributed by atoms with Crippen LogP contribution in [0.1, 0.15) is 24.6 Å². The average molecular weight is 385 g/mol. The third-order valence-electron chi connectivity index (χ3n) is 3.53. The van der Waals surface area contributed by atoms with Crippen molar-refractivity contribution >= 4 is 35.2 Å². The Hall–Kier alpha value is -2.18. The van der Waals surface area contributed by atoms with Crippen molar-refractivity contribution in [3.05, 3.63) is 40.0 Å². The van der Waals surface area contributed by atoms with Gasteiger partial charge < -0.3 is 14.6 Å². The molecule has 0 aliphatic carbocycles. The number of carbonyl (C=O) groups is 1. The minimum absolute atomic E-state index is 0.175. The van der Waals surface area contributed by atoms with Gasteiger partial charge in [0, 0.05) is 13.1 Å². The fourth-order valence-corrected chi connectivity index (χ4v) is 2.72. The summed E-state index contributed by atoms with van der Waals surface area (Å²) in [6.45, 7) is 7.29. The molecule has 0 spiro atoms. The lowest BCUT2D eigenvalue weighted by molar-refractivity contribution is -0.145. The third kappa shape index (κ3) is 4.08. The first-order valence-electron chi connectivity index (χ1n) is 7.50. The molecule has 0 saturated heterocycles. The Morgan fingerprint density at radius 1 is 1.40 bits per heavy atom. The van der Waals surface area contributed by atoms with Crippen LogP contribution in [0.2, 0.25) is 10.0 Å². The summed E-state index contributed by atoms with van der Waals surface area (Å²) in [6, 6.07) is 2.91. The topological polar surface area (TPSA) is 73.6 Å². The van der Waals surface area contributed by atoms with Gasteiger partial charge in [0.1, 0.15) is 5.75 Å². The standard InChI is InChI=1S/C17H18Cl2N2O4/c1-5-10-9(3)20-21(4)16(10)25-15-8-14(11(18)7-12(15)19)24-13(6-2)17(22)23/h5,7-8,13H,1,6H2,2-4H3,(H,22,23). The summed E-state index contributed by atoms with van der Waals surface area (Å²) in [6.07, 6.45) is 0.900. The quantitative estimate of drug-likeness (QED) is 0.747. The Morgan fingerprint density at radius 2 is 2.04 bits per heavy atom. The summed E-state index contributed by atoms with van der Waals surface area (Å²) in [5.74, 6) is -0.179. The van der Waals surface area contributed by atoms with Gasteiger partial charge >= 0.3 is 5.97 Å². The molecule has 0 amide bonds. The van der Waals surface area contributed by atoms with Gasteiger partial charge in [-0.2, -0.15) is 5.10 Å². The molecule has 0 aliphatic rings. The largest absolute Gasteiger partial charge is 0.479 e. The predicted molar refractivity (Wildman–Crippen MR) is 96.9 cm³/mol. The summed E-state index contributed by atoms with van der Waals surface area (Å²) in [4.78, 5) is 11.2. The molecule has 1 aromatic carbocycles. The summed E-state index contributed by atoms with van der Waals surface area (Å²) in [5.41, 5.74) is 1.49. The number of carboxylic acid groups (broad SMARTS) is 1. The first-order chi connectivity index (χ1) is 11.8. The van der Waals surface area contributed by atoms with Crippen molar-refractivity contribution in [2.24, 2.45) is 7.05 Å². The van der Waals surface area contributed by atoms with Gasteiger partial charge in [0.15, 0.2) is 11.9 Å². The average Bonchev–Trinajstić information content (AvgIpc) is 2.81. The van der Waals surface area contributed by atoms with Crippen molar-refractivity contribution < 1.29 is 19.4 Å². The zero-order chi connectivity index (χ0) is 18.7. The van der Waals surface area contributed by atoms with Crippen molar-refractivity contribution in [2.45, 2.75) is 26.4 Å². The molecule has 2 aromatic rings. The second-order valence-corrected chi connectivity index (χ2v) is 6.11. The van der Waals surface area contributed by atoms with Crippen molar-refractivity contribution in [1.82, 2.24) is 9.78 Å². The number of ether oxygens (including phenoxy) is 2. The van der Waals surface area contributed by atoms with Crippen LogP contribution in [0, 0.1) is 6.92 Å². The lowest BCUT2D eigenvalue weighted by Gasteiger charge is -2.16. The number of aryl methyl sites for hydroxylation is 2. The Labute approximate surface area is 155 Å². The van der Waals surface area contributed by atoms with Crippen molar-refractivity contribution in [3.63, 3.8) is 0 Å². The molecular weight excluding hydrogens is 367 g/mol. The van der Waals surface area contributed by atoms with Gasteiger partial charge in [-0.3, -0.25) is 0 Å². The number of hydrogen-bond acceptors (Lipinski definition) is 4. The van der Waals surface area contributed by atoms with E-state index in [0.29, 0.717) is 5.88 Å². The van der Waals surface area contributed by atoms with Crippen LogP contribution in [0.15, 0.2) is 18.7 Å². The van der Waals surface area contributed by atoms with E-state index in [1.54, 1.807) is 24.7 Å². The third-order valence-corrected chi connectivity index (χ3v) is 4.12. The van der Waals surface area contributed by atoms with Crippen LogP contribution >= 0.6 is 23.2 Å². The fraction of sp³-hybridized carbons (Fsp3) is 0.294. The van der Waals surface area contributed by atoms with Crippen LogP contribution < -0.4 is 9.47 Å². The van der Waals surface area contributed by atoms with E-state index in [-0.39, 0.29) is 28.0 Å². The van der Waals surface area contributed by atoms with E-state index < -0.39 is 12.1 Å². The van der Waals surface area contributed by atoms with Crippen molar-refractivity contribution in [1.29, 1.82) is 0 Å². The van der Waals surface area contributed by atoms with Gasteiger partial charge in [-0.1, -0.05) is 42.8 Å². The second-order valence-electron chi connectivity index (χ2n) is 5.30. The Bertz CT molecular complexity index is 817. The number of benzene rings is 1. The molecule has 0 saturated carbocycles. The molecule has 1 unspecified atom stereocenters. The monoisotopic (exact) mass is 384 g/mol. The molecule has 1 atom stereocenters. The Morgan fingerprint density at radius 3 is 2.60 bits per heavy atom. The summed E-state index contributed by atoms with van der Waals surface area (Å²) < 4.78 is 12.9.